The Bertz CT molecular complexity index is 1220. The average molecular weight is 502 g/mol. The first kappa shape index (κ1) is 23.4. The quantitative estimate of drug-likeness (QED) is 0.546. The zero-order valence-corrected chi connectivity index (χ0v) is 19.9. The number of fused-ring (bicyclic) bond motifs is 1. The predicted molar refractivity (Wildman–Crippen MR) is 124 cm³/mol. The number of aromatic nitrogens is 4. The van der Waals surface area contributed by atoms with Gasteiger partial charge < -0.3 is 24.7 Å². The normalized spacial score (nSPS) is 17.1. The molecular formula is C23H25ClFN7O3. The van der Waals surface area contributed by atoms with Crippen molar-refractivity contribution in [1.29, 1.82) is 0 Å². The number of amides is 2. The maximum absolute atomic E-state index is 14.2. The second-order valence-corrected chi connectivity index (χ2v) is 8.99. The van der Waals surface area contributed by atoms with Crippen molar-refractivity contribution in [3.8, 4) is 0 Å². The zero-order valence-electron chi connectivity index (χ0n) is 19.1. The molecule has 10 nitrogen and oxygen atoms in total. The van der Waals surface area contributed by atoms with E-state index in [1.165, 1.54) is 12.1 Å². The molecule has 0 spiro atoms. The largest absolute Gasteiger partial charge is 0.423 e. The topological polar surface area (TPSA) is 118 Å². The number of anilines is 1. The molecule has 1 unspecified atom stereocenters. The summed E-state index contributed by atoms with van der Waals surface area (Å²) in [6, 6.07) is 3.36. The van der Waals surface area contributed by atoms with E-state index in [1.54, 1.807) is 17.9 Å². The van der Waals surface area contributed by atoms with Crippen LogP contribution in [0.5, 0.6) is 0 Å². The number of hydrogen-bond acceptors (Lipinski definition) is 8. The van der Waals surface area contributed by atoms with Crippen LogP contribution in [0.4, 0.5) is 15.1 Å². The van der Waals surface area contributed by atoms with Crippen LogP contribution in [0.25, 0.3) is 0 Å². The Labute approximate surface area is 206 Å². The molecule has 0 radical (unpaired) electrons. The highest BCUT2D eigenvalue weighted by Crippen LogP contribution is 2.26. The molecule has 5 rings (SSSR count). The fraction of sp³-hybridized carbons (Fsp3) is 0.435. The monoisotopic (exact) mass is 501 g/mol. The minimum absolute atomic E-state index is 0.0157. The van der Waals surface area contributed by atoms with Crippen LogP contribution in [0, 0.1) is 12.7 Å². The fourth-order valence-electron chi connectivity index (χ4n) is 4.19. The molecule has 2 aliphatic heterocycles. The van der Waals surface area contributed by atoms with Crippen LogP contribution in [-0.4, -0.2) is 56.9 Å². The van der Waals surface area contributed by atoms with Crippen LogP contribution >= 0.6 is 11.6 Å². The molecule has 3 aromatic rings. The summed E-state index contributed by atoms with van der Waals surface area (Å²) in [5.74, 6) is 0.434. The SMILES string of the molecule is Cc1nnc(C(NC(=O)N2CCc3cnc(NC4CCOCC4)nc3C2)c2ccc(Cl)c(F)c2)o1. The Morgan fingerprint density at radius 1 is 1.29 bits per heavy atom. The van der Waals surface area contributed by atoms with E-state index in [0.29, 0.717) is 36.9 Å². The summed E-state index contributed by atoms with van der Waals surface area (Å²) < 4.78 is 25.1. The van der Waals surface area contributed by atoms with Crippen molar-refractivity contribution in [1.82, 2.24) is 30.4 Å². The summed E-state index contributed by atoms with van der Waals surface area (Å²) in [5.41, 5.74) is 2.24. The van der Waals surface area contributed by atoms with E-state index >= 15 is 0 Å². The van der Waals surface area contributed by atoms with E-state index in [4.69, 9.17) is 20.8 Å². The van der Waals surface area contributed by atoms with E-state index in [2.05, 4.69) is 30.8 Å². The van der Waals surface area contributed by atoms with E-state index in [0.717, 1.165) is 37.3 Å². The molecule has 1 fully saturated rings. The van der Waals surface area contributed by atoms with Crippen molar-refractivity contribution in [2.24, 2.45) is 0 Å². The first-order valence-electron chi connectivity index (χ1n) is 11.5. The minimum atomic E-state index is -0.840. The number of carbonyl (C=O) groups is 1. The van der Waals surface area contributed by atoms with Crippen molar-refractivity contribution in [3.05, 3.63) is 63.8 Å². The summed E-state index contributed by atoms with van der Waals surface area (Å²) in [6.07, 6.45) is 4.24. The highest BCUT2D eigenvalue weighted by Gasteiger charge is 2.28. The summed E-state index contributed by atoms with van der Waals surface area (Å²) >= 11 is 5.84. The highest BCUT2D eigenvalue weighted by atomic mass is 35.5. The third kappa shape index (κ3) is 5.35. The maximum atomic E-state index is 14.2. The summed E-state index contributed by atoms with van der Waals surface area (Å²) in [4.78, 5) is 24.0. The molecule has 4 heterocycles. The second kappa shape index (κ2) is 10.1. The Kier molecular flexibility index (Phi) is 6.78. The number of aryl methyl sites for hydroxylation is 1. The summed E-state index contributed by atoms with van der Waals surface area (Å²) in [6.45, 7) is 3.88. The molecule has 35 heavy (non-hydrogen) atoms. The molecule has 0 aliphatic carbocycles. The fourth-order valence-corrected chi connectivity index (χ4v) is 4.31. The number of halogens is 2. The van der Waals surface area contributed by atoms with Gasteiger partial charge in [-0.1, -0.05) is 17.7 Å². The van der Waals surface area contributed by atoms with Gasteiger partial charge in [-0.2, -0.15) is 0 Å². The van der Waals surface area contributed by atoms with Crippen LogP contribution in [0.3, 0.4) is 0 Å². The van der Waals surface area contributed by atoms with E-state index in [9.17, 15) is 9.18 Å². The van der Waals surface area contributed by atoms with Gasteiger partial charge >= 0.3 is 6.03 Å². The zero-order chi connectivity index (χ0) is 24.4. The average Bonchev–Trinajstić information content (AvgIpc) is 3.30. The van der Waals surface area contributed by atoms with Gasteiger partial charge in [-0.15, -0.1) is 10.2 Å². The number of nitrogens with one attached hydrogen (secondary N) is 2. The Hall–Kier alpha value is -3.31. The van der Waals surface area contributed by atoms with Crippen LogP contribution in [-0.2, 0) is 17.7 Å². The lowest BCUT2D eigenvalue weighted by Gasteiger charge is -2.30. The van der Waals surface area contributed by atoms with Gasteiger partial charge in [0.1, 0.15) is 11.9 Å². The Morgan fingerprint density at radius 2 is 2.11 bits per heavy atom. The highest BCUT2D eigenvalue weighted by molar-refractivity contribution is 6.30. The van der Waals surface area contributed by atoms with E-state index in [-0.39, 0.29) is 23.0 Å². The lowest BCUT2D eigenvalue weighted by Crippen LogP contribution is -2.44. The third-order valence-electron chi connectivity index (χ3n) is 6.12. The van der Waals surface area contributed by atoms with Crippen LogP contribution in [0.15, 0.2) is 28.8 Å². The van der Waals surface area contributed by atoms with Crippen LogP contribution in [0.1, 0.15) is 47.5 Å². The minimum Gasteiger partial charge on any atom is -0.423 e. The smallest absolute Gasteiger partial charge is 0.318 e. The standard InChI is InChI=1S/C23H25ClFN7O3/c1-13-30-31-21(35-13)20(14-2-3-17(24)18(25)10-14)29-23(33)32-7-4-15-11-26-22(28-19(15)12-32)27-16-5-8-34-9-6-16/h2-3,10-11,16,20H,4-9,12H2,1H3,(H,29,33)(H,26,27,28). The number of urea groups is 1. The number of ether oxygens (including phenoxy) is 1. The molecule has 2 amide bonds. The summed E-state index contributed by atoms with van der Waals surface area (Å²) in [5, 5.41) is 14.1. The summed E-state index contributed by atoms with van der Waals surface area (Å²) in [7, 11) is 0. The molecule has 2 aliphatic rings. The molecule has 1 saturated heterocycles. The van der Waals surface area contributed by atoms with Gasteiger partial charge in [-0.05, 0) is 42.5 Å². The molecule has 0 saturated carbocycles. The van der Waals surface area contributed by atoms with Crippen molar-refractivity contribution in [2.75, 3.05) is 25.1 Å². The van der Waals surface area contributed by atoms with Gasteiger partial charge in [0, 0.05) is 38.9 Å². The van der Waals surface area contributed by atoms with Gasteiger partial charge in [0.15, 0.2) is 0 Å². The molecule has 12 heteroatoms. The molecule has 184 valence electrons. The number of hydrogen-bond donors (Lipinski definition) is 2. The second-order valence-electron chi connectivity index (χ2n) is 8.58. The van der Waals surface area contributed by atoms with Gasteiger partial charge in [-0.3, -0.25) is 0 Å². The number of nitrogens with zero attached hydrogens (tertiary/aromatic N) is 5. The lowest BCUT2D eigenvalue weighted by atomic mass is 10.1. The maximum Gasteiger partial charge on any atom is 0.318 e. The molecule has 2 aromatic heterocycles. The van der Waals surface area contributed by atoms with Gasteiger partial charge in [0.25, 0.3) is 0 Å². The predicted octanol–water partition coefficient (Wildman–Crippen LogP) is 3.41. The van der Waals surface area contributed by atoms with Gasteiger partial charge in [-0.25, -0.2) is 19.2 Å². The van der Waals surface area contributed by atoms with E-state index in [1.807, 2.05) is 6.20 Å². The van der Waals surface area contributed by atoms with Crippen molar-refractivity contribution >= 4 is 23.6 Å². The number of benzene rings is 1. The number of carbonyl (C=O) groups excluding carboxylic acids is 1. The molecule has 0 bridgehead atoms. The Morgan fingerprint density at radius 3 is 2.86 bits per heavy atom. The molecule has 1 atom stereocenters. The van der Waals surface area contributed by atoms with Crippen molar-refractivity contribution in [2.45, 2.75) is 44.8 Å². The third-order valence-corrected chi connectivity index (χ3v) is 6.43. The molecule has 1 aromatic carbocycles. The van der Waals surface area contributed by atoms with Crippen LogP contribution in [0.2, 0.25) is 5.02 Å². The first-order chi connectivity index (χ1) is 17.0. The Balaban J connectivity index is 1.32. The van der Waals surface area contributed by atoms with E-state index < -0.39 is 11.9 Å². The van der Waals surface area contributed by atoms with Gasteiger partial charge in [0.05, 0.1) is 17.3 Å². The first-order valence-corrected chi connectivity index (χ1v) is 11.8. The molecular weight excluding hydrogens is 477 g/mol. The number of rotatable bonds is 5. The van der Waals surface area contributed by atoms with Crippen molar-refractivity contribution in [3.63, 3.8) is 0 Å². The van der Waals surface area contributed by atoms with Crippen molar-refractivity contribution < 1.29 is 18.3 Å². The van der Waals surface area contributed by atoms with Crippen LogP contribution < -0.4 is 10.6 Å². The lowest BCUT2D eigenvalue weighted by molar-refractivity contribution is 0.0903. The van der Waals surface area contributed by atoms with Gasteiger partial charge in [0.2, 0.25) is 17.7 Å². The molecule has 2 N–H and O–H groups in total.